The summed E-state index contributed by atoms with van der Waals surface area (Å²) in [6.07, 6.45) is 4.32. The van der Waals surface area contributed by atoms with Gasteiger partial charge in [0.2, 0.25) is 0 Å². The van der Waals surface area contributed by atoms with E-state index in [1.165, 1.54) is 11.1 Å². The number of nitrogens with one attached hydrogen (secondary N) is 2. The van der Waals surface area contributed by atoms with Crippen LogP contribution in [0.15, 0.2) is 29.3 Å². The molecule has 0 radical (unpaired) electrons. The Balaban J connectivity index is 0.00000420. The molecule has 7 heteroatoms. The van der Waals surface area contributed by atoms with Crippen molar-refractivity contribution in [3.05, 3.63) is 35.4 Å². The predicted molar refractivity (Wildman–Crippen MR) is 137 cm³/mol. The van der Waals surface area contributed by atoms with Gasteiger partial charge in [-0.2, -0.15) is 0 Å². The standard InChI is InChI=1S/C22H38N4OS.HI/c1-5-26(6-2)17-19-13-11-18(12-14-19)16-24-22(23-4)25-20-9-8-10-21(15-20)28(27)7-3;/h11-14,20-21H,5-10,15-17H2,1-4H3,(H2,23,24,25);1H. The second-order valence-corrected chi connectivity index (χ2v) is 9.51. The van der Waals surface area contributed by atoms with Gasteiger partial charge >= 0.3 is 0 Å². The van der Waals surface area contributed by atoms with Gasteiger partial charge in [-0.3, -0.25) is 14.1 Å². The molecule has 1 saturated carbocycles. The van der Waals surface area contributed by atoms with Crippen molar-refractivity contribution in [2.24, 2.45) is 4.99 Å². The zero-order valence-electron chi connectivity index (χ0n) is 18.4. The highest BCUT2D eigenvalue weighted by Gasteiger charge is 2.25. The van der Waals surface area contributed by atoms with Crippen molar-refractivity contribution in [1.82, 2.24) is 15.5 Å². The molecule has 3 unspecified atom stereocenters. The van der Waals surface area contributed by atoms with Gasteiger partial charge in [0.15, 0.2) is 5.96 Å². The summed E-state index contributed by atoms with van der Waals surface area (Å²) in [6.45, 7) is 10.3. The molecule has 0 spiro atoms. The van der Waals surface area contributed by atoms with E-state index < -0.39 is 10.8 Å². The summed E-state index contributed by atoms with van der Waals surface area (Å²) in [4.78, 5) is 6.80. The summed E-state index contributed by atoms with van der Waals surface area (Å²) in [5, 5.41) is 7.29. The lowest BCUT2D eigenvalue weighted by Gasteiger charge is -2.30. The summed E-state index contributed by atoms with van der Waals surface area (Å²) in [7, 11) is 1.12. The summed E-state index contributed by atoms with van der Waals surface area (Å²) in [5.41, 5.74) is 2.60. The second kappa shape index (κ2) is 14.4. The monoisotopic (exact) mass is 534 g/mol. The highest BCUT2D eigenvalue weighted by Crippen LogP contribution is 2.23. The Labute approximate surface area is 197 Å². The van der Waals surface area contributed by atoms with Crippen LogP contribution in [-0.4, -0.2) is 52.3 Å². The number of benzene rings is 1. The first kappa shape index (κ1) is 26.4. The van der Waals surface area contributed by atoms with Crippen molar-refractivity contribution in [1.29, 1.82) is 0 Å². The van der Waals surface area contributed by atoms with E-state index in [1.807, 2.05) is 14.0 Å². The third-order valence-electron chi connectivity index (χ3n) is 5.63. The quantitative estimate of drug-likeness (QED) is 0.287. The van der Waals surface area contributed by atoms with E-state index in [0.717, 1.165) is 63.6 Å². The molecule has 1 fully saturated rings. The van der Waals surface area contributed by atoms with Gasteiger partial charge in [0.05, 0.1) is 0 Å². The average Bonchev–Trinajstić information content (AvgIpc) is 2.75. The smallest absolute Gasteiger partial charge is 0.191 e. The van der Waals surface area contributed by atoms with Crippen molar-refractivity contribution >= 4 is 40.7 Å². The van der Waals surface area contributed by atoms with Gasteiger partial charge in [-0.05, 0) is 43.5 Å². The van der Waals surface area contributed by atoms with Crippen LogP contribution in [0.4, 0.5) is 0 Å². The molecule has 0 amide bonds. The molecule has 29 heavy (non-hydrogen) atoms. The minimum Gasteiger partial charge on any atom is -0.354 e. The van der Waals surface area contributed by atoms with Crippen LogP contribution in [0.2, 0.25) is 0 Å². The molecular weight excluding hydrogens is 495 g/mol. The highest BCUT2D eigenvalue weighted by molar-refractivity contribution is 14.0. The normalized spacial score (nSPS) is 20.8. The first-order valence-electron chi connectivity index (χ1n) is 10.7. The molecule has 3 atom stereocenters. The summed E-state index contributed by atoms with van der Waals surface area (Å²) in [6, 6.07) is 9.19. The fraction of sp³-hybridized carbons (Fsp3) is 0.682. The molecular formula is C22H39IN4OS. The van der Waals surface area contributed by atoms with E-state index in [1.54, 1.807) is 0 Å². The maximum atomic E-state index is 12.1. The van der Waals surface area contributed by atoms with Crippen molar-refractivity contribution in [3.63, 3.8) is 0 Å². The zero-order valence-corrected chi connectivity index (χ0v) is 21.6. The number of hydrogen-bond donors (Lipinski definition) is 2. The molecule has 1 aliphatic carbocycles. The summed E-state index contributed by atoms with van der Waals surface area (Å²) >= 11 is 0. The van der Waals surface area contributed by atoms with E-state index >= 15 is 0 Å². The predicted octanol–water partition coefficient (Wildman–Crippen LogP) is 3.89. The third-order valence-corrected chi connectivity index (χ3v) is 7.37. The third kappa shape index (κ3) is 8.92. The molecule has 0 heterocycles. The molecule has 5 nitrogen and oxygen atoms in total. The fourth-order valence-electron chi connectivity index (χ4n) is 3.79. The molecule has 2 rings (SSSR count). The highest BCUT2D eigenvalue weighted by atomic mass is 127. The minimum absolute atomic E-state index is 0. The summed E-state index contributed by atoms with van der Waals surface area (Å²) < 4.78 is 12.1. The second-order valence-electron chi connectivity index (χ2n) is 7.50. The number of halogens is 1. The van der Waals surface area contributed by atoms with Gasteiger partial charge in [-0.1, -0.05) is 51.5 Å². The first-order chi connectivity index (χ1) is 13.6. The van der Waals surface area contributed by atoms with Crippen molar-refractivity contribution < 1.29 is 4.21 Å². The number of aliphatic imine (C=N–C) groups is 1. The van der Waals surface area contributed by atoms with Crippen molar-refractivity contribution in [3.8, 4) is 0 Å². The SMILES string of the molecule is CCN(CC)Cc1ccc(CNC(=NC)NC2CCCC(S(=O)CC)C2)cc1.I. The van der Waals surface area contributed by atoms with E-state index in [2.05, 4.69) is 58.6 Å². The number of hydrogen-bond acceptors (Lipinski definition) is 3. The van der Waals surface area contributed by atoms with Gasteiger partial charge in [0.1, 0.15) is 0 Å². The van der Waals surface area contributed by atoms with E-state index in [9.17, 15) is 4.21 Å². The molecule has 0 aromatic heterocycles. The lowest BCUT2D eigenvalue weighted by molar-refractivity contribution is 0.296. The van der Waals surface area contributed by atoms with E-state index in [0.29, 0.717) is 11.3 Å². The van der Waals surface area contributed by atoms with E-state index in [4.69, 9.17) is 0 Å². The van der Waals surface area contributed by atoms with Crippen LogP contribution in [0.1, 0.15) is 57.6 Å². The molecule has 1 aromatic carbocycles. The van der Waals surface area contributed by atoms with Gasteiger partial charge in [0.25, 0.3) is 0 Å². The average molecular weight is 535 g/mol. The van der Waals surface area contributed by atoms with Crippen LogP contribution >= 0.6 is 24.0 Å². The lowest BCUT2D eigenvalue weighted by atomic mass is 9.95. The van der Waals surface area contributed by atoms with Gasteiger partial charge in [-0.15, -0.1) is 24.0 Å². The Hall–Kier alpha value is -0.670. The largest absolute Gasteiger partial charge is 0.354 e. The van der Waals surface area contributed by atoms with Crippen LogP contribution in [0.25, 0.3) is 0 Å². The number of rotatable bonds is 9. The number of guanidine groups is 1. The Bertz CT molecular complexity index is 634. The van der Waals surface area contributed by atoms with Crippen LogP contribution in [0.5, 0.6) is 0 Å². The summed E-state index contributed by atoms with van der Waals surface area (Å²) in [5.74, 6) is 1.59. The lowest BCUT2D eigenvalue weighted by Crippen LogP contribution is -2.46. The van der Waals surface area contributed by atoms with Crippen LogP contribution in [-0.2, 0) is 23.9 Å². The topological polar surface area (TPSA) is 56.7 Å². The molecule has 1 aliphatic rings. The van der Waals surface area contributed by atoms with Crippen LogP contribution in [0, 0.1) is 0 Å². The first-order valence-corrected chi connectivity index (χ1v) is 12.1. The Morgan fingerprint density at radius 2 is 1.79 bits per heavy atom. The van der Waals surface area contributed by atoms with Crippen molar-refractivity contribution in [2.75, 3.05) is 25.9 Å². The zero-order chi connectivity index (χ0) is 20.4. The molecule has 0 aliphatic heterocycles. The molecule has 2 N–H and O–H groups in total. The van der Waals surface area contributed by atoms with Crippen molar-refractivity contribution in [2.45, 2.75) is 70.8 Å². The van der Waals surface area contributed by atoms with Crippen LogP contribution in [0.3, 0.4) is 0 Å². The Morgan fingerprint density at radius 3 is 2.38 bits per heavy atom. The maximum absolute atomic E-state index is 12.1. The Morgan fingerprint density at radius 1 is 1.14 bits per heavy atom. The van der Waals surface area contributed by atoms with Crippen LogP contribution < -0.4 is 10.6 Å². The Kier molecular flexibility index (Phi) is 13.1. The molecule has 0 bridgehead atoms. The van der Waals surface area contributed by atoms with Gasteiger partial charge < -0.3 is 10.6 Å². The van der Waals surface area contributed by atoms with Gasteiger partial charge in [0, 0.05) is 48.0 Å². The maximum Gasteiger partial charge on any atom is 0.191 e. The van der Waals surface area contributed by atoms with Gasteiger partial charge in [-0.25, -0.2) is 0 Å². The minimum atomic E-state index is -0.696. The van der Waals surface area contributed by atoms with E-state index in [-0.39, 0.29) is 24.0 Å². The fourth-order valence-corrected chi connectivity index (χ4v) is 5.14. The number of nitrogens with zero attached hydrogens (tertiary/aromatic N) is 2. The molecule has 166 valence electrons. The molecule has 0 saturated heterocycles. The molecule has 1 aromatic rings.